The van der Waals surface area contributed by atoms with Crippen LogP contribution >= 0.6 is 11.3 Å². The maximum Gasteiger partial charge on any atom is 0.236 e. The zero-order valence-corrected chi connectivity index (χ0v) is 18.6. The molecule has 1 amide bonds. The Kier molecular flexibility index (Phi) is 6.15. The van der Waals surface area contributed by atoms with Crippen LogP contribution in [0.5, 0.6) is 0 Å². The second kappa shape index (κ2) is 8.97. The van der Waals surface area contributed by atoms with Crippen LogP contribution < -0.4 is 9.80 Å². The minimum absolute atomic E-state index is 0.155. The van der Waals surface area contributed by atoms with Gasteiger partial charge in [-0.1, -0.05) is 12.1 Å². The number of rotatable bonds is 6. The number of likely N-dealkylation sites (N-methyl/N-ethyl adjacent to an activating group) is 1. The third-order valence-corrected chi connectivity index (χ3v) is 6.39. The highest BCUT2D eigenvalue weighted by atomic mass is 32.1. The fraction of sp³-hybridized carbons (Fsp3) is 0.409. The molecule has 0 atom stereocenters. The number of nitrogens with zero attached hydrogens (tertiary/aromatic N) is 6. The number of anilines is 2. The van der Waals surface area contributed by atoms with Gasteiger partial charge in [0.05, 0.1) is 11.9 Å². The average molecular weight is 425 g/mol. The first-order valence-corrected chi connectivity index (χ1v) is 11.0. The van der Waals surface area contributed by atoms with Crippen molar-refractivity contribution in [2.24, 2.45) is 0 Å². The third-order valence-electron chi connectivity index (χ3n) is 5.57. The Hall–Kier alpha value is -2.71. The van der Waals surface area contributed by atoms with Gasteiger partial charge in [-0.25, -0.2) is 9.97 Å². The second-order valence-electron chi connectivity index (χ2n) is 7.91. The van der Waals surface area contributed by atoms with Crippen LogP contribution in [0, 0.1) is 0 Å². The lowest BCUT2D eigenvalue weighted by Gasteiger charge is -2.35. The van der Waals surface area contributed by atoms with E-state index in [9.17, 15) is 4.79 Å². The van der Waals surface area contributed by atoms with E-state index in [0.29, 0.717) is 13.1 Å². The Bertz CT molecular complexity index is 994. The molecule has 4 rings (SSSR count). The Morgan fingerprint density at radius 2 is 1.77 bits per heavy atom. The molecule has 0 N–H and O–H groups in total. The predicted molar refractivity (Wildman–Crippen MR) is 123 cm³/mol. The second-order valence-corrected chi connectivity index (χ2v) is 8.81. The van der Waals surface area contributed by atoms with Gasteiger partial charge >= 0.3 is 0 Å². The van der Waals surface area contributed by atoms with E-state index in [4.69, 9.17) is 0 Å². The van der Waals surface area contributed by atoms with E-state index in [-0.39, 0.29) is 5.91 Å². The summed E-state index contributed by atoms with van der Waals surface area (Å²) in [4.78, 5) is 31.0. The van der Waals surface area contributed by atoms with E-state index in [2.05, 4.69) is 60.4 Å². The van der Waals surface area contributed by atoms with Crippen molar-refractivity contribution in [1.29, 1.82) is 0 Å². The van der Waals surface area contributed by atoms with Crippen molar-refractivity contribution >= 4 is 39.0 Å². The van der Waals surface area contributed by atoms with Gasteiger partial charge in [0.1, 0.15) is 17.0 Å². The van der Waals surface area contributed by atoms with E-state index in [0.717, 1.165) is 53.5 Å². The van der Waals surface area contributed by atoms with Crippen LogP contribution in [-0.4, -0.2) is 79.5 Å². The smallest absolute Gasteiger partial charge is 0.236 e. The van der Waals surface area contributed by atoms with Crippen LogP contribution in [-0.2, 0) is 11.3 Å². The monoisotopic (exact) mass is 424 g/mol. The molecular weight excluding hydrogens is 396 g/mol. The summed E-state index contributed by atoms with van der Waals surface area (Å²) in [5.41, 5.74) is 2.30. The molecule has 1 aliphatic rings. The number of hydrogen-bond acceptors (Lipinski definition) is 7. The number of aromatic nitrogens is 2. The number of amides is 1. The molecule has 0 radical (unpaired) electrons. The Labute approximate surface area is 181 Å². The van der Waals surface area contributed by atoms with Gasteiger partial charge in [0, 0.05) is 59.6 Å². The van der Waals surface area contributed by atoms with Crippen LogP contribution in [0.25, 0.3) is 10.2 Å². The minimum Gasteiger partial charge on any atom is -0.378 e. The van der Waals surface area contributed by atoms with Gasteiger partial charge in [0.15, 0.2) is 0 Å². The van der Waals surface area contributed by atoms with Gasteiger partial charge in [0.25, 0.3) is 0 Å². The van der Waals surface area contributed by atoms with Gasteiger partial charge < -0.3 is 14.7 Å². The van der Waals surface area contributed by atoms with Crippen molar-refractivity contribution in [1.82, 2.24) is 19.8 Å². The number of thiophene rings is 1. The number of piperazine rings is 1. The molecular formula is C22H28N6OS. The zero-order chi connectivity index (χ0) is 21.1. The van der Waals surface area contributed by atoms with E-state index in [1.165, 1.54) is 0 Å². The highest BCUT2D eigenvalue weighted by Gasteiger charge is 2.22. The van der Waals surface area contributed by atoms with Gasteiger partial charge in [-0.2, -0.15) is 0 Å². The third kappa shape index (κ3) is 4.55. The molecule has 1 aliphatic heterocycles. The molecule has 3 aromatic rings. The molecule has 0 saturated carbocycles. The van der Waals surface area contributed by atoms with E-state index < -0.39 is 0 Å². The minimum atomic E-state index is 0.155. The predicted octanol–water partition coefficient (Wildman–Crippen LogP) is 2.54. The summed E-state index contributed by atoms with van der Waals surface area (Å²) in [6, 6.07) is 10.4. The Morgan fingerprint density at radius 1 is 1.03 bits per heavy atom. The normalized spacial score (nSPS) is 14.8. The van der Waals surface area contributed by atoms with Crippen LogP contribution in [0.3, 0.4) is 0 Å². The summed E-state index contributed by atoms with van der Waals surface area (Å²) in [5.74, 6) is 1.16. The Morgan fingerprint density at radius 3 is 2.47 bits per heavy atom. The van der Waals surface area contributed by atoms with Gasteiger partial charge in [-0.05, 0) is 29.1 Å². The van der Waals surface area contributed by atoms with Crippen molar-refractivity contribution in [3.05, 3.63) is 47.6 Å². The van der Waals surface area contributed by atoms with Gasteiger partial charge in [0.2, 0.25) is 5.91 Å². The quantitative estimate of drug-likeness (QED) is 0.606. The molecule has 0 spiro atoms. The topological polar surface area (TPSA) is 55.8 Å². The summed E-state index contributed by atoms with van der Waals surface area (Å²) in [6.07, 6.45) is 1.64. The molecule has 0 aliphatic carbocycles. The summed E-state index contributed by atoms with van der Waals surface area (Å²) >= 11 is 1.64. The number of benzene rings is 1. The van der Waals surface area contributed by atoms with Crippen molar-refractivity contribution < 1.29 is 4.79 Å². The lowest BCUT2D eigenvalue weighted by Crippen LogP contribution is -2.49. The summed E-state index contributed by atoms with van der Waals surface area (Å²) < 4.78 is 0. The molecule has 0 bridgehead atoms. The number of carbonyl (C=O) groups excluding carboxylic acids is 1. The standard InChI is InChI=1S/C22H28N6OS/c1-25(2)18-6-4-17(5-7-18)14-26(3)20(29)15-27-9-11-28(12-10-27)21-19-8-13-30-22(19)24-16-23-21/h4-8,13,16H,9-12,14-15H2,1-3H3. The molecule has 0 unspecified atom stereocenters. The maximum atomic E-state index is 12.7. The highest BCUT2D eigenvalue weighted by molar-refractivity contribution is 7.16. The van der Waals surface area contributed by atoms with Crippen molar-refractivity contribution in [3.8, 4) is 0 Å². The summed E-state index contributed by atoms with van der Waals surface area (Å²) in [7, 11) is 5.93. The fourth-order valence-electron chi connectivity index (χ4n) is 3.72. The van der Waals surface area contributed by atoms with Crippen molar-refractivity contribution in [3.63, 3.8) is 0 Å². The van der Waals surface area contributed by atoms with Crippen LogP contribution in [0.1, 0.15) is 5.56 Å². The molecule has 8 heteroatoms. The van der Waals surface area contributed by atoms with E-state index in [1.807, 2.05) is 26.0 Å². The summed E-state index contributed by atoms with van der Waals surface area (Å²) in [6.45, 7) is 4.52. The van der Waals surface area contributed by atoms with Crippen LogP contribution in [0.15, 0.2) is 42.0 Å². The maximum absolute atomic E-state index is 12.7. The first kappa shape index (κ1) is 20.6. The highest BCUT2D eigenvalue weighted by Crippen LogP contribution is 2.27. The molecule has 2 aromatic heterocycles. The average Bonchev–Trinajstić information content (AvgIpc) is 3.23. The molecule has 1 fully saturated rings. The number of hydrogen-bond donors (Lipinski definition) is 0. The molecule has 7 nitrogen and oxygen atoms in total. The molecule has 3 heterocycles. The van der Waals surface area contributed by atoms with E-state index in [1.54, 1.807) is 17.7 Å². The fourth-order valence-corrected chi connectivity index (χ4v) is 4.45. The molecule has 1 saturated heterocycles. The summed E-state index contributed by atoms with van der Waals surface area (Å²) in [5, 5.41) is 3.17. The van der Waals surface area contributed by atoms with Crippen molar-refractivity contribution in [2.45, 2.75) is 6.54 Å². The SMILES string of the molecule is CN(Cc1ccc(N(C)C)cc1)C(=O)CN1CCN(c2ncnc3sccc23)CC1. The first-order chi connectivity index (χ1) is 14.5. The number of carbonyl (C=O) groups is 1. The van der Waals surface area contributed by atoms with E-state index >= 15 is 0 Å². The van der Waals surface area contributed by atoms with Crippen LogP contribution in [0.4, 0.5) is 11.5 Å². The Balaban J connectivity index is 1.29. The number of fused-ring (bicyclic) bond motifs is 1. The first-order valence-electron chi connectivity index (χ1n) is 10.2. The molecule has 158 valence electrons. The lowest BCUT2D eigenvalue weighted by atomic mass is 10.2. The van der Waals surface area contributed by atoms with Gasteiger partial charge in [-0.15, -0.1) is 11.3 Å². The van der Waals surface area contributed by atoms with Gasteiger partial charge in [-0.3, -0.25) is 9.69 Å². The largest absolute Gasteiger partial charge is 0.378 e. The lowest BCUT2D eigenvalue weighted by molar-refractivity contribution is -0.131. The molecule has 1 aromatic carbocycles. The molecule has 30 heavy (non-hydrogen) atoms. The zero-order valence-electron chi connectivity index (χ0n) is 17.8. The van der Waals surface area contributed by atoms with Crippen molar-refractivity contribution in [2.75, 3.05) is 63.7 Å². The van der Waals surface area contributed by atoms with Crippen LogP contribution in [0.2, 0.25) is 0 Å².